The lowest BCUT2D eigenvalue weighted by Gasteiger charge is -2.17. The first-order chi connectivity index (χ1) is 10.8. The van der Waals surface area contributed by atoms with Crippen LogP contribution in [0, 0.1) is 12.8 Å². The van der Waals surface area contributed by atoms with E-state index in [4.69, 9.17) is 0 Å². The van der Waals surface area contributed by atoms with E-state index in [-0.39, 0.29) is 0 Å². The third-order valence-electron chi connectivity index (χ3n) is 5.04. The summed E-state index contributed by atoms with van der Waals surface area (Å²) in [7, 11) is 0. The molecule has 22 heavy (non-hydrogen) atoms. The lowest BCUT2D eigenvalue weighted by Crippen LogP contribution is -2.01. The largest absolute Gasteiger partial charge is 0.0654 e. The molecule has 0 aromatic carbocycles. The van der Waals surface area contributed by atoms with Crippen LogP contribution in [0.4, 0.5) is 0 Å². The Morgan fingerprint density at radius 3 is 1.32 bits per heavy atom. The van der Waals surface area contributed by atoms with Gasteiger partial charge in [-0.2, -0.15) is 0 Å². The summed E-state index contributed by atoms with van der Waals surface area (Å²) < 4.78 is 0. The quantitative estimate of drug-likeness (QED) is 0.223. The van der Waals surface area contributed by atoms with Crippen molar-refractivity contribution < 1.29 is 0 Å². The first-order valence-electron chi connectivity index (χ1n) is 10.6. The Morgan fingerprint density at radius 1 is 0.500 bits per heavy atom. The van der Waals surface area contributed by atoms with Crippen LogP contribution in [0.15, 0.2) is 0 Å². The molecule has 0 heteroatoms. The Labute approximate surface area is 142 Å². The highest BCUT2D eigenvalue weighted by Crippen LogP contribution is 2.24. The molecule has 1 atom stereocenters. The van der Waals surface area contributed by atoms with Crippen molar-refractivity contribution in [1.82, 2.24) is 0 Å². The zero-order valence-electron chi connectivity index (χ0n) is 16.0. The SMILES string of the molecule is [CH2]CCCCCCC(CCCCCC)CCCCCCCC. The van der Waals surface area contributed by atoms with Crippen LogP contribution in [0.2, 0.25) is 0 Å². The van der Waals surface area contributed by atoms with Crippen LogP contribution in [0.25, 0.3) is 0 Å². The van der Waals surface area contributed by atoms with E-state index >= 15 is 0 Å². The molecule has 0 amide bonds. The maximum Gasteiger partial charge on any atom is -0.0414 e. The lowest BCUT2D eigenvalue weighted by molar-refractivity contribution is 0.367. The predicted octanol–water partition coefficient (Wildman–Crippen LogP) is 8.50. The molecule has 0 aliphatic rings. The molecular weight excluding hydrogens is 264 g/mol. The summed E-state index contributed by atoms with van der Waals surface area (Å²) in [6.07, 6.45) is 25.7. The van der Waals surface area contributed by atoms with Gasteiger partial charge >= 0.3 is 0 Å². The van der Waals surface area contributed by atoms with Crippen LogP contribution in [0.5, 0.6) is 0 Å². The molecule has 0 spiro atoms. The average molecular weight is 310 g/mol. The molecular formula is C22H45. The first kappa shape index (κ1) is 22.0. The minimum absolute atomic E-state index is 1.03. The monoisotopic (exact) mass is 309 g/mol. The van der Waals surface area contributed by atoms with Gasteiger partial charge in [0.05, 0.1) is 0 Å². The Bertz CT molecular complexity index is 184. The zero-order chi connectivity index (χ0) is 16.3. The third kappa shape index (κ3) is 16.4. The Hall–Kier alpha value is 0. The van der Waals surface area contributed by atoms with Crippen molar-refractivity contribution >= 4 is 0 Å². The van der Waals surface area contributed by atoms with E-state index in [2.05, 4.69) is 20.8 Å². The fourth-order valence-electron chi connectivity index (χ4n) is 3.47. The van der Waals surface area contributed by atoms with Gasteiger partial charge in [0.1, 0.15) is 0 Å². The normalized spacial score (nSPS) is 12.7. The van der Waals surface area contributed by atoms with Gasteiger partial charge in [-0.05, 0) is 5.92 Å². The van der Waals surface area contributed by atoms with Gasteiger partial charge in [0.25, 0.3) is 0 Å². The molecule has 0 aromatic rings. The second-order valence-electron chi connectivity index (χ2n) is 7.33. The number of rotatable bonds is 18. The van der Waals surface area contributed by atoms with Gasteiger partial charge < -0.3 is 0 Å². The molecule has 0 aromatic heterocycles. The number of unbranched alkanes of at least 4 members (excludes halogenated alkanes) is 12. The molecule has 1 radical (unpaired) electrons. The van der Waals surface area contributed by atoms with Crippen LogP contribution < -0.4 is 0 Å². The molecule has 0 saturated heterocycles. The highest BCUT2D eigenvalue weighted by molar-refractivity contribution is 4.62. The summed E-state index contributed by atoms with van der Waals surface area (Å²) in [5.74, 6) is 1.03. The van der Waals surface area contributed by atoms with Crippen LogP contribution >= 0.6 is 0 Å². The molecule has 133 valence electrons. The molecule has 1 unspecified atom stereocenters. The van der Waals surface area contributed by atoms with Gasteiger partial charge in [-0.25, -0.2) is 0 Å². The Kier molecular flexibility index (Phi) is 19.0. The molecule has 0 bridgehead atoms. The summed E-state index contributed by atoms with van der Waals surface area (Å²) in [5, 5.41) is 0. The minimum atomic E-state index is 1.03. The van der Waals surface area contributed by atoms with Crippen LogP contribution in [-0.2, 0) is 0 Å². The van der Waals surface area contributed by atoms with Crippen molar-refractivity contribution in [1.29, 1.82) is 0 Å². The van der Waals surface area contributed by atoms with E-state index in [1.807, 2.05) is 0 Å². The lowest BCUT2D eigenvalue weighted by atomic mass is 9.89. The summed E-state index contributed by atoms with van der Waals surface area (Å²) in [6.45, 7) is 8.57. The molecule has 0 heterocycles. The fourth-order valence-corrected chi connectivity index (χ4v) is 3.47. The summed E-state index contributed by atoms with van der Waals surface area (Å²) >= 11 is 0. The Morgan fingerprint density at radius 2 is 0.864 bits per heavy atom. The summed E-state index contributed by atoms with van der Waals surface area (Å²) in [4.78, 5) is 0. The van der Waals surface area contributed by atoms with E-state index in [0.717, 1.165) is 12.3 Å². The Balaban J connectivity index is 3.69. The van der Waals surface area contributed by atoms with Crippen molar-refractivity contribution in [3.63, 3.8) is 0 Å². The molecule has 0 N–H and O–H groups in total. The fraction of sp³-hybridized carbons (Fsp3) is 0.955. The van der Waals surface area contributed by atoms with Gasteiger partial charge in [-0.15, -0.1) is 0 Å². The van der Waals surface area contributed by atoms with Crippen molar-refractivity contribution in [3.8, 4) is 0 Å². The maximum atomic E-state index is 3.95. The van der Waals surface area contributed by atoms with E-state index in [0.29, 0.717) is 0 Å². The van der Waals surface area contributed by atoms with Gasteiger partial charge in [0, 0.05) is 0 Å². The van der Waals surface area contributed by atoms with Crippen LogP contribution in [0.3, 0.4) is 0 Å². The molecule has 0 aliphatic heterocycles. The third-order valence-corrected chi connectivity index (χ3v) is 5.04. The van der Waals surface area contributed by atoms with E-state index in [1.54, 1.807) is 0 Å². The van der Waals surface area contributed by atoms with Gasteiger partial charge in [0.2, 0.25) is 0 Å². The molecule has 0 saturated carbocycles. The maximum absolute atomic E-state index is 3.95. The van der Waals surface area contributed by atoms with Crippen molar-refractivity contribution in [3.05, 3.63) is 6.92 Å². The van der Waals surface area contributed by atoms with Crippen LogP contribution in [0.1, 0.15) is 129 Å². The van der Waals surface area contributed by atoms with Crippen LogP contribution in [-0.4, -0.2) is 0 Å². The second-order valence-corrected chi connectivity index (χ2v) is 7.33. The van der Waals surface area contributed by atoms with E-state index in [9.17, 15) is 0 Å². The van der Waals surface area contributed by atoms with Crippen molar-refractivity contribution in [2.75, 3.05) is 0 Å². The van der Waals surface area contributed by atoms with E-state index in [1.165, 1.54) is 109 Å². The smallest absolute Gasteiger partial charge is 0.0414 e. The van der Waals surface area contributed by atoms with Crippen molar-refractivity contribution in [2.45, 2.75) is 129 Å². The minimum Gasteiger partial charge on any atom is -0.0654 e. The topological polar surface area (TPSA) is 0 Å². The molecule has 0 nitrogen and oxygen atoms in total. The first-order valence-corrected chi connectivity index (χ1v) is 10.6. The molecule has 0 rings (SSSR count). The second kappa shape index (κ2) is 19.0. The highest BCUT2D eigenvalue weighted by Gasteiger charge is 2.08. The molecule has 0 fully saturated rings. The number of hydrogen-bond acceptors (Lipinski definition) is 0. The van der Waals surface area contributed by atoms with Gasteiger partial charge in [-0.3, -0.25) is 0 Å². The van der Waals surface area contributed by atoms with E-state index < -0.39 is 0 Å². The highest BCUT2D eigenvalue weighted by atomic mass is 14.1. The average Bonchev–Trinajstić information content (AvgIpc) is 2.53. The van der Waals surface area contributed by atoms with Gasteiger partial charge in [0.15, 0.2) is 0 Å². The predicted molar refractivity (Wildman–Crippen MR) is 103 cm³/mol. The zero-order valence-corrected chi connectivity index (χ0v) is 16.0. The standard InChI is InChI=1S/C22H45/c1-4-7-10-13-15-18-21-22(19-16-12-9-6-3)20-17-14-11-8-5-2/h22H,2,4-21H2,1,3H3. The summed E-state index contributed by atoms with van der Waals surface area (Å²) in [6, 6.07) is 0. The van der Waals surface area contributed by atoms with Crippen molar-refractivity contribution in [2.24, 2.45) is 5.92 Å². The molecule has 0 aliphatic carbocycles. The van der Waals surface area contributed by atoms with Gasteiger partial charge in [-0.1, -0.05) is 136 Å². The summed E-state index contributed by atoms with van der Waals surface area (Å²) in [5.41, 5.74) is 0. The number of hydrogen-bond donors (Lipinski definition) is 0.